The maximum Gasteiger partial charge on any atom is 0.0636 e. The minimum Gasteiger partial charge on any atom is -0.392 e. The maximum atomic E-state index is 9.32. The molecule has 0 aliphatic heterocycles. The molecule has 0 saturated heterocycles. The molecule has 2 heteroatoms. The fourth-order valence-electron chi connectivity index (χ4n) is 3.86. The Bertz CT molecular complexity index is 225. The molecule has 0 aromatic carbocycles. The molecule has 0 amide bonds. The van der Waals surface area contributed by atoms with Crippen LogP contribution in [0.3, 0.4) is 0 Å². The summed E-state index contributed by atoms with van der Waals surface area (Å²) in [5, 5.41) is 12.9. The lowest BCUT2D eigenvalue weighted by Gasteiger charge is -2.61. The number of hydrogen-bond donors (Lipinski definition) is 2. The lowest BCUT2D eigenvalue weighted by molar-refractivity contribution is -0.0898. The van der Waals surface area contributed by atoms with E-state index in [1.165, 1.54) is 25.7 Å². The predicted molar refractivity (Wildman–Crippen MR) is 62.7 cm³/mol. The molecule has 15 heavy (non-hydrogen) atoms. The summed E-state index contributed by atoms with van der Waals surface area (Å²) in [5.74, 6) is 1.81. The van der Waals surface area contributed by atoms with Gasteiger partial charge in [-0.1, -0.05) is 26.7 Å². The summed E-state index contributed by atoms with van der Waals surface area (Å²) < 4.78 is 0. The van der Waals surface area contributed by atoms with E-state index in [0.29, 0.717) is 11.5 Å². The van der Waals surface area contributed by atoms with Gasteiger partial charge in [-0.2, -0.15) is 0 Å². The minimum atomic E-state index is -0.219. The minimum absolute atomic E-state index is 0.219. The van der Waals surface area contributed by atoms with Gasteiger partial charge in [0, 0.05) is 12.6 Å². The Kier molecular flexibility index (Phi) is 3.09. The first-order valence-electron chi connectivity index (χ1n) is 6.45. The topological polar surface area (TPSA) is 32.3 Å². The molecule has 0 heterocycles. The van der Waals surface area contributed by atoms with Crippen LogP contribution in [-0.2, 0) is 0 Å². The molecule has 2 N–H and O–H groups in total. The van der Waals surface area contributed by atoms with Gasteiger partial charge in [0.25, 0.3) is 0 Å². The standard InChI is InChI=1S/C13H25NO/c1-9(15)8-14-12-10-6-4-5-7-11(10)13(12,2)3/h9-12,14-15H,4-8H2,1-3H3/t9?,10-,11+,12?/m1/s1. The van der Waals surface area contributed by atoms with Crippen molar-refractivity contribution in [3.05, 3.63) is 0 Å². The Morgan fingerprint density at radius 1 is 1.33 bits per heavy atom. The zero-order valence-corrected chi connectivity index (χ0v) is 10.3. The fraction of sp³-hybridized carbons (Fsp3) is 1.00. The van der Waals surface area contributed by atoms with E-state index in [9.17, 15) is 5.11 Å². The summed E-state index contributed by atoms with van der Waals surface area (Å²) in [7, 11) is 0. The van der Waals surface area contributed by atoms with Crippen LogP contribution in [0.2, 0.25) is 0 Å². The normalized spacial score (nSPS) is 40.4. The Morgan fingerprint density at radius 2 is 2.00 bits per heavy atom. The van der Waals surface area contributed by atoms with Gasteiger partial charge in [0.2, 0.25) is 0 Å². The van der Waals surface area contributed by atoms with Crippen molar-refractivity contribution in [2.75, 3.05) is 6.54 Å². The van der Waals surface area contributed by atoms with Crippen LogP contribution in [0, 0.1) is 17.3 Å². The van der Waals surface area contributed by atoms with Crippen molar-refractivity contribution in [1.82, 2.24) is 5.32 Å². The lowest BCUT2D eigenvalue weighted by atomic mass is 9.48. The number of fused-ring (bicyclic) bond motifs is 1. The van der Waals surface area contributed by atoms with Gasteiger partial charge in [0.1, 0.15) is 0 Å². The number of nitrogens with one attached hydrogen (secondary N) is 1. The molecular weight excluding hydrogens is 186 g/mol. The number of aliphatic hydroxyl groups is 1. The molecule has 2 fully saturated rings. The van der Waals surface area contributed by atoms with E-state index in [1.54, 1.807) is 0 Å². The SMILES string of the molecule is CC(O)CNC1[C@@H]2CCCC[C@@H]2C1(C)C. The van der Waals surface area contributed by atoms with Crippen molar-refractivity contribution in [2.24, 2.45) is 17.3 Å². The van der Waals surface area contributed by atoms with Crippen LogP contribution in [0.4, 0.5) is 0 Å². The zero-order valence-electron chi connectivity index (χ0n) is 10.3. The average molecular weight is 211 g/mol. The zero-order chi connectivity index (χ0) is 11.1. The Balaban J connectivity index is 1.93. The van der Waals surface area contributed by atoms with Crippen molar-refractivity contribution in [3.8, 4) is 0 Å². The van der Waals surface area contributed by atoms with E-state index < -0.39 is 0 Å². The second-order valence-corrected chi connectivity index (χ2v) is 6.11. The van der Waals surface area contributed by atoms with Crippen LogP contribution in [-0.4, -0.2) is 23.8 Å². The van der Waals surface area contributed by atoms with Gasteiger partial charge in [0.05, 0.1) is 6.10 Å². The summed E-state index contributed by atoms with van der Waals surface area (Å²) >= 11 is 0. The molecule has 0 aromatic heterocycles. The fourth-order valence-corrected chi connectivity index (χ4v) is 3.86. The van der Waals surface area contributed by atoms with Gasteiger partial charge in [-0.15, -0.1) is 0 Å². The van der Waals surface area contributed by atoms with Gasteiger partial charge >= 0.3 is 0 Å². The highest BCUT2D eigenvalue weighted by Crippen LogP contribution is 2.57. The van der Waals surface area contributed by atoms with E-state index >= 15 is 0 Å². The van der Waals surface area contributed by atoms with E-state index in [4.69, 9.17) is 0 Å². The molecule has 0 aromatic rings. The summed E-state index contributed by atoms with van der Waals surface area (Å²) in [6.07, 6.45) is 5.43. The quantitative estimate of drug-likeness (QED) is 0.750. The first-order chi connectivity index (χ1) is 7.03. The lowest BCUT2D eigenvalue weighted by Crippen LogP contribution is -2.65. The van der Waals surface area contributed by atoms with E-state index in [0.717, 1.165) is 18.4 Å². The average Bonchev–Trinajstić information content (AvgIpc) is 2.17. The number of hydrogen-bond acceptors (Lipinski definition) is 2. The maximum absolute atomic E-state index is 9.32. The second-order valence-electron chi connectivity index (χ2n) is 6.11. The third-order valence-corrected chi connectivity index (χ3v) is 4.64. The number of rotatable bonds is 3. The molecular formula is C13H25NO. The summed E-state index contributed by atoms with van der Waals surface area (Å²) in [6, 6.07) is 0.636. The largest absolute Gasteiger partial charge is 0.392 e. The molecule has 2 aliphatic carbocycles. The molecule has 88 valence electrons. The summed E-state index contributed by atoms with van der Waals surface area (Å²) in [6.45, 7) is 7.38. The second kappa shape index (κ2) is 4.06. The Labute approximate surface area is 93.5 Å². The first-order valence-corrected chi connectivity index (χ1v) is 6.45. The van der Waals surface area contributed by atoms with E-state index in [2.05, 4.69) is 19.2 Å². The highest BCUT2D eigenvalue weighted by molar-refractivity contribution is 5.08. The molecule has 2 unspecified atom stereocenters. The van der Waals surface area contributed by atoms with E-state index in [-0.39, 0.29) is 6.10 Å². The Morgan fingerprint density at radius 3 is 2.67 bits per heavy atom. The Hall–Kier alpha value is -0.0800. The van der Waals surface area contributed by atoms with Crippen LogP contribution in [0.15, 0.2) is 0 Å². The first kappa shape index (κ1) is 11.4. The van der Waals surface area contributed by atoms with Gasteiger partial charge in [0.15, 0.2) is 0 Å². The van der Waals surface area contributed by atoms with Crippen molar-refractivity contribution in [3.63, 3.8) is 0 Å². The van der Waals surface area contributed by atoms with Gasteiger partial charge < -0.3 is 10.4 Å². The van der Waals surface area contributed by atoms with Crippen molar-refractivity contribution in [2.45, 2.75) is 58.6 Å². The highest BCUT2D eigenvalue weighted by Gasteiger charge is 2.55. The number of aliphatic hydroxyl groups excluding tert-OH is 1. The van der Waals surface area contributed by atoms with Gasteiger partial charge in [-0.25, -0.2) is 0 Å². The summed E-state index contributed by atoms with van der Waals surface area (Å²) in [4.78, 5) is 0. The predicted octanol–water partition coefficient (Wildman–Crippen LogP) is 2.17. The molecule has 0 radical (unpaired) electrons. The molecule has 2 saturated carbocycles. The van der Waals surface area contributed by atoms with Crippen LogP contribution in [0.25, 0.3) is 0 Å². The molecule has 2 aliphatic rings. The monoisotopic (exact) mass is 211 g/mol. The van der Waals surface area contributed by atoms with Crippen molar-refractivity contribution in [1.29, 1.82) is 0 Å². The third-order valence-electron chi connectivity index (χ3n) is 4.64. The van der Waals surface area contributed by atoms with Crippen molar-refractivity contribution < 1.29 is 5.11 Å². The summed E-state index contributed by atoms with van der Waals surface area (Å²) in [5.41, 5.74) is 0.444. The van der Waals surface area contributed by atoms with Gasteiger partial charge in [-0.3, -0.25) is 0 Å². The smallest absolute Gasteiger partial charge is 0.0636 e. The van der Waals surface area contributed by atoms with Crippen LogP contribution in [0.5, 0.6) is 0 Å². The van der Waals surface area contributed by atoms with Crippen LogP contribution in [0.1, 0.15) is 46.5 Å². The third kappa shape index (κ3) is 1.94. The molecule has 2 nitrogen and oxygen atoms in total. The van der Waals surface area contributed by atoms with E-state index in [1.807, 2.05) is 6.92 Å². The van der Waals surface area contributed by atoms with Gasteiger partial charge in [-0.05, 0) is 37.0 Å². The van der Waals surface area contributed by atoms with Crippen LogP contribution >= 0.6 is 0 Å². The molecule has 0 spiro atoms. The molecule has 4 atom stereocenters. The van der Waals surface area contributed by atoms with Crippen molar-refractivity contribution >= 4 is 0 Å². The van der Waals surface area contributed by atoms with Crippen LogP contribution < -0.4 is 5.32 Å². The molecule has 0 bridgehead atoms. The highest BCUT2D eigenvalue weighted by atomic mass is 16.3. The molecule has 2 rings (SSSR count).